The lowest BCUT2D eigenvalue weighted by molar-refractivity contribution is -0.385. The van der Waals surface area contributed by atoms with E-state index in [0.29, 0.717) is 40.5 Å². The van der Waals surface area contributed by atoms with Gasteiger partial charge in [0.15, 0.2) is 5.82 Å². The molecule has 0 fully saturated rings. The molecule has 166 valence electrons. The van der Waals surface area contributed by atoms with Gasteiger partial charge in [-0.25, -0.2) is 0 Å². The van der Waals surface area contributed by atoms with Gasteiger partial charge < -0.3 is 10.1 Å². The summed E-state index contributed by atoms with van der Waals surface area (Å²) in [6.07, 6.45) is 3.64. The standard InChI is InChI=1S/C18H16Cl2N8O3S/c1-31-17-14(28(29)30)10-27(25-17)8-6-16-22-23-18(32-16)21-15-5-7-26(24-15)9-11-12(19)3-2-4-13(11)20/h2-5,7,10H,6,8-9H2,1H3,(H,21,23,24). The Balaban J connectivity index is 1.36. The van der Waals surface area contributed by atoms with Crippen molar-refractivity contribution in [3.63, 3.8) is 0 Å². The first-order valence-corrected chi connectivity index (χ1v) is 10.8. The highest BCUT2D eigenvalue weighted by Crippen LogP contribution is 2.26. The van der Waals surface area contributed by atoms with Crippen molar-refractivity contribution >= 4 is 51.2 Å². The normalized spacial score (nSPS) is 11.0. The van der Waals surface area contributed by atoms with Gasteiger partial charge in [-0.15, -0.1) is 15.3 Å². The highest BCUT2D eigenvalue weighted by Gasteiger charge is 2.20. The van der Waals surface area contributed by atoms with Gasteiger partial charge >= 0.3 is 11.6 Å². The number of nitrogens with zero attached hydrogens (tertiary/aromatic N) is 7. The van der Waals surface area contributed by atoms with Crippen LogP contribution in [-0.2, 0) is 19.5 Å². The summed E-state index contributed by atoms with van der Waals surface area (Å²) >= 11 is 13.8. The topological polar surface area (TPSA) is 126 Å². The van der Waals surface area contributed by atoms with Crippen LogP contribution in [0.3, 0.4) is 0 Å². The zero-order valence-electron chi connectivity index (χ0n) is 16.6. The quantitative estimate of drug-likeness (QED) is 0.271. The number of nitrogens with one attached hydrogen (secondary N) is 1. The van der Waals surface area contributed by atoms with Gasteiger partial charge in [0.25, 0.3) is 0 Å². The highest BCUT2D eigenvalue weighted by atomic mass is 35.5. The third-order valence-corrected chi connectivity index (χ3v) is 5.99. The molecule has 0 aliphatic carbocycles. The van der Waals surface area contributed by atoms with E-state index in [-0.39, 0.29) is 11.6 Å². The van der Waals surface area contributed by atoms with E-state index in [2.05, 4.69) is 25.7 Å². The second-order valence-corrected chi connectivity index (χ2v) is 8.39. The molecule has 4 aromatic rings. The Morgan fingerprint density at radius 1 is 1.19 bits per heavy atom. The van der Waals surface area contributed by atoms with Crippen LogP contribution in [0.25, 0.3) is 0 Å². The molecule has 0 radical (unpaired) electrons. The van der Waals surface area contributed by atoms with Crippen molar-refractivity contribution in [1.82, 2.24) is 29.8 Å². The number of ether oxygens (including phenoxy) is 1. The van der Waals surface area contributed by atoms with Crippen molar-refractivity contribution in [1.29, 1.82) is 0 Å². The first-order valence-electron chi connectivity index (χ1n) is 9.24. The number of aromatic nitrogens is 6. The third kappa shape index (κ3) is 4.98. The summed E-state index contributed by atoms with van der Waals surface area (Å²) in [6, 6.07) is 7.17. The monoisotopic (exact) mass is 494 g/mol. The number of nitro groups is 1. The molecule has 0 amide bonds. The van der Waals surface area contributed by atoms with Crippen molar-refractivity contribution < 1.29 is 9.66 Å². The van der Waals surface area contributed by atoms with E-state index in [1.807, 2.05) is 6.20 Å². The smallest absolute Gasteiger partial charge is 0.350 e. The average molecular weight is 495 g/mol. The lowest BCUT2D eigenvalue weighted by Gasteiger charge is -2.06. The Labute approximate surface area is 195 Å². The predicted molar refractivity (Wildman–Crippen MR) is 120 cm³/mol. The lowest BCUT2D eigenvalue weighted by atomic mass is 10.2. The van der Waals surface area contributed by atoms with Gasteiger partial charge in [0.05, 0.1) is 18.6 Å². The first kappa shape index (κ1) is 22.0. The number of benzene rings is 1. The van der Waals surface area contributed by atoms with Gasteiger partial charge in [-0.05, 0) is 12.1 Å². The van der Waals surface area contributed by atoms with Gasteiger partial charge in [-0.3, -0.25) is 19.5 Å². The van der Waals surface area contributed by atoms with E-state index < -0.39 is 4.92 Å². The van der Waals surface area contributed by atoms with Gasteiger partial charge in [0, 0.05) is 40.8 Å². The zero-order valence-corrected chi connectivity index (χ0v) is 18.9. The maximum Gasteiger partial charge on any atom is 0.350 e. The third-order valence-electron chi connectivity index (χ3n) is 4.38. The Morgan fingerprint density at radius 3 is 2.66 bits per heavy atom. The molecule has 4 rings (SSSR count). The fourth-order valence-corrected chi connectivity index (χ4v) is 4.12. The van der Waals surface area contributed by atoms with E-state index in [4.69, 9.17) is 27.9 Å². The summed E-state index contributed by atoms with van der Waals surface area (Å²) < 4.78 is 8.10. The first-order chi connectivity index (χ1) is 15.4. The van der Waals surface area contributed by atoms with Gasteiger partial charge in [0.1, 0.15) is 11.2 Å². The maximum absolute atomic E-state index is 11.0. The van der Waals surface area contributed by atoms with Crippen LogP contribution < -0.4 is 10.1 Å². The summed E-state index contributed by atoms with van der Waals surface area (Å²) in [6.45, 7) is 0.826. The highest BCUT2D eigenvalue weighted by molar-refractivity contribution is 7.15. The minimum atomic E-state index is -0.534. The number of hydrogen-bond donors (Lipinski definition) is 1. The van der Waals surface area contributed by atoms with E-state index in [1.54, 1.807) is 28.9 Å². The Kier molecular flexibility index (Phi) is 6.53. The summed E-state index contributed by atoms with van der Waals surface area (Å²) in [5.74, 6) is 0.576. The largest absolute Gasteiger partial charge is 0.475 e. The van der Waals surface area contributed by atoms with Crippen LogP contribution in [0.5, 0.6) is 5.88 Å². The number of halogens is 2. The summed E-state index contributed by atoms with van der Waals surface area (Å²) in [7, 11) is 1.34. The number of anilines is 2. The summed E-state index contributed by atoms with van der Waals surface area (Å²) in [5.41, 5.74) is 0.611. The molecule has 1 N–H and O–H groups in total. The summed E-state index contributed by atoms with van der Waals surface area (Å²) in [4.78, 5) is 10.5. The van der Waals surface area contributed by atoms with Crippen LogP contribution in [0.1, 0.15) is 10.6 Å². The van der Waals surface area contributed by atoms with Crippen molar-refractivity contribution in [2.75, 3.05) is 12.4 Å². The van der Waals surface area contributed by atoms with Crippen LogP contribution in [-0.4, -0.2) is 41.8 Å². The second-order valence-electron chi connectivity index (χ2n) is 6.52. The number of aryl methyl sites for hydroxylation is 2. The number of rotatable bonds is 9. The van der Waals surface area contributed by atoms with E-state index in [0.717, 1.165) is 10.6 Å². The molecule has 14 heteroatoms. The molecule has 32 heavy (non-hydrogen) atoms. The molecule has 0 aliphatic rings. The molecule has 1 aromatic carbocycles. The van der Waals surface area contributed by atoms with Crippen LogP contribution >= 0.6 is 34.5 Å². The minimum absolute atomic E-state index is 0.0247. The molecule has 0 spiro atoms. The van der Waals surface area contributed by atoms with Gasteiger partial charge in [-0.2, -0.15) is 5.10 Å². The fourth-order valence-electron chi connectivity index (χ4n) is 2.87. The average Bonchev–Trinajstić information content (AvgIpc) is 3.49. The van der Waals surface area contributed by atoms with Gasteiger partial charge in [-0.1, -0.05) is 40.6 Å². The minimum Gasteiger partial charge on any atom is -0.475 e. The molecular weight excluding hydrogens is 479 g/mol. The summed E-state index contributed by atoms with van der Waals surface area (Å²) in [5, 5.41) is 33.4. The molecular formula is C18H16Cl2N8O3S. The molecule has 11 nitrogen and oxygen atoms in total. The van der Waals surface area contributed by atoms with Crippen molar-refractivity contribution in [2.45, 2.75) is 19.5 Å². The fraction of sp³-hybridized carbons (Fsp3) is 0.222. The number of methoxy groups -OCH3 is 1. The molecule has 0 aliphatic heterocycles. The van der Waals surface area contributed by atoms with Crippen molar-refractivity contribution in [3.05, 3.63) is 67.4 Å². The molecule has 3 aromatic heterocycles. The molecule has 0 atom stereocenters. The zero-order chi connectivity index (χ0) is 22.7. The molecule has 0 saturated carbocycles. The number of hydrogen-bond acceptors (Lipinski definition) is 9. The Morgan fingerprint density at radius 2 is 1.97 bits per heavy atom. The molecule has 0 unspecified atom stereocenters. The molecule has 0 bridgehead atoms. The lowest BCUT2D eigenvalue weighted by Crippen LogP contribution is -2.02. The van der Waals surface area contributed by atoms with Crippen LogP contribution in [0, 0.1) is 10.1 Å². The molecule has 3 heterocycles. The Hall–Kier alpha value is -3.22. The van der Waals surface area contributed by atoms with Crippen LogP contribution in [0.15, 0.2) is 36.7 Å². The SMILES string of the molecule is COc1nn(CCc2nnc(Nc3ccn(Cc4c(Cl)cccc4Cl)n3)s2)cc1[N+](=O)[O-]. The Bertz CT molecular complexity index is 1230. The predicted octanol–water partition coefficient (Wildman–Crippen LogP) is 4.19. The van der Waals surface area contributed by atoms with E-state index in [9.17, 15) is 10.1 Å². The van der Waals surface area contributed by atoms with E-state index in [1.165, 1.54) is 29.3 Å². The van der Waals surface area contributed by atoms with Crippen molar-refractivity contribution in [3.8, 4) is 5.88 Å². The van der Waals surface area contributed by atoms with E-state index >= 15 is 0 Å². The van der Waals surface area contributed by atoms with Crippen LogP contribution in [0.2, 0.25) is 10.0 Å². The molecule has 0 saturated heterocycles. The second kappa shape index (κ2) is 9.51. The maximum atomic E-state index is 11.0. The van der Waals surface area contributed by atoms with Gasteiger partial charge in [0.2, 0.25) is 5.13 Å². The van der Waals surface area contributed by atoms with Crippen LogP contribution in [0.4, 0.5) is 16.6 Å². The van der Waals surface area contributed by atoms with Crippen molar-refractivity contribution in [2.24, 2.45) is 0 Å².